The molecule has 70 heavy (non-hydrogen) atoms. The first-order valence-electron chi connectivity index (χ1n) is 23.4. The number of fused-ring (bicyclic) bond motifs is 1. The van der Waals surface area contributed by atoms with Gasteiger partial charge in [-0.3, -0.25) is 43.2 Å². The Hall–Kier alpha value is -5.47. The Morgan fingerprint density at radius 2 is 1.39 bits per heavy atom. The normalized spacial score (nSPS) is 16.5. The van der Waals surface area contributed by atoms with Crippen LogP contribution in [0.25, 0.3) is 10.9 Å². The van der Waals surface area contributed by atoms with Crippen LogP contribution in [0.4, 0.5) is 0 Å². The van der Waals surface area contributed by atoms with Crippen LogP contribution in [0.15, 0.2) is 30.5 Å². The van der Waals surface area contributed by atoms with Crippen LogP contribution in [0.3, 0.4) is 0 Å². The van der Waals surface area contributed by atoms with Crippen molar-refractivity contribution in [2.45, 2.75) is 120 Å². The summed E-state index contributed by atoms with van der Waals surface area (Å²) in [6.45, 7) is 1.29. The van der Waals surface area contributed by atoms with Crippen LogP contribution in [0.2, 0.25) is 0 Å². The quantitative estimate of drug-likeness (QED) is 0.0260. The summed E-state index contributed by atoms with van der Waals surface area (Å²) in [5.74, 6) is -6.26. The molecule has 390 valence electrons. The van der Waals surface area contributed by atoms with Crippen molar-refractivity contribution in [3.05, 3.63) is 36.0 Å². The highest BCUT2D eigenvalue weighted by Gasteiger charge is 2.38. The van der Waals surface area contributed by atoms with Crippen LogP contribution in [-0.4, -0.2) is 185 Å². The predicted molar refractivity (Wildman–Crippen MR) is 267 cm³/mol. The van der Waals surface area contributed by atoms with Crippen LogP contribution < -0.4 is 48.7 Å². The first-order chi connectivity index (χ1) is 33.3. The number of nitrogens with one attached hydrogen (secondary N) is 8. The second-order valence-electron chi connectivity index (χ2n) is 17.5. The van der Waals surface area contributed by atoms with Crippen LogP contribution in [0.1, 0.15) is 70.3 Å². The maximum atomic E-state index is 14.1. The van der Waals surface area contributed by atoms with E-state index in [1.54, 1.807) is 6.20 Å². The van der Waals surface area contributed by atoms with E-state index in [0.717, 1.165) is 17.4 Å². The van der Waals surface area contributed by atoms with Crippen molar-refractivity contribution in [1.29, 1.82) is 0 Å². The lowest BCUT2D eigenvalue weighted by atomic mass is 10.0. The van der Waals surface area contributed by atoms with Crippen LogP contribution in [0, 0.1) is 0 Å². The molecule has 1 aromatic heterocycles. The SMILES string of the molecule is C[C@H](O)C(=O)N[C@@H](CCCCNC(=O)[C@H](CS)NC(=O)[C@H](Cc1c[nH]c2ccccc12)NC(=O)[C@H](CCCCN(C)C)NC(=O)CNC(=O)[C@@H](N)CS)C(=O)N[C@@H](CCO)C(=O)N1CCC[C@H]1C(N)=O. The van der Waals surface area contributed by atoms with E-state index in [4.69, 9.17) is 11.5 Å². The van der Waals surface area contributed by atoms with E-state index < -0.39 is 115 Å². The number of aliphatic hydroxyl groups is 2. The van der Waals surface area contributed by atoms with E-state index in [-0.39, 0.29) is 63.1 Å². The fraction of sp³-hybridized carbons (Fsp3) is 0.622. The third kappa shape index (κ3) is 19.0. The van der Waals surface area contributed by atoms with E-state index in [1.165, 1.54) is 11.8 Å². The molecule has 2 heterocycles. The second-order valence-corrected chi connectivity index (χ2v) is 18.2. The van der Waals surface area contributed by atoms with E-state index in [2.05, 4.69) is 67.5 Å². The third-order valence-corrected chi connectivity index (χ3v) is 12.4. The summed E-state index contributed by atoms with van der Waals surface area (Å²) in [5, 5.41) is 38.7. The molecular formula is C45H72N12O11S2. The molecule has 0 bridgehead atoms. The molecule has 1 fully saturated rings. The number of primary amides is 1. The van der Waals surface area contributed by atoms with Gasteiger partial charge in [-0.05, 0) is 97.0 Å². The molecule has 0 unspecified atom stereocenters. The predicted octanol–water partition coefficient (Wildman–Crippen LogP) is -3.30. The van der Waals surface area contributed by atoms with Gasteiger partial charge in [0.2, 0.25) is 53.2 Å². The van der Waals surface area contributed by atoms with Crippen molar-refractivity contribution in [2.24, 2.45) is 11.5 Å². The minimum absolute atomic E-state index is 0.00569. The van der Waals surface area contributed by atoms with Gasteiger partial charge < -0.3 is 73.7 Å². The molecule has 0 radical (unpaired) electrons. The molecular weight excluding hydrogens is 949 g/mol. The number of hydrogen-bond acceptors (Lipinski definition) is 15. The summed E-state index contributed by atoms with van der Waals surface area (Å²) in [6.07, 6.45) is 2.88. The molecule has 23 nitrogen and oxygen atoms in total. The summed E-state index contributed by atoms with van der Waals surface area (Å²) in [7, 11) is 3.81. The number of carbonyl (C=O) groups is 9. The van der Waals surface area contributed by atoms with E-state index in [0.29, 0.717) is 31.2 Å². The number of hydrogen-bond donors (Lipinski definition) is 14. The average Bonchev–Trinajstić information content (AvgIpc) is 4.00. The highest BCUT2D eigenvalue weighted by molar-refractivity contribution is 7.80. The molecule has 0 aliphatic carbocycles. The standard InChI is InChI=1S/C45H72N12O11S2/c1-26(59)39(62)52-32(43(66)53-33(16-20-58)45(68)57-19-10-15-36(57)38(47)61)13-6-8-17-48-41(64)35(25-70)55-44(67)34(21-27-22-49-30-12-5-4-11-28(27)30)54-42(65)31(14-7-9-18-56(2)3)51-37(60)23-50-40(63)29(46)24-69/h4-5,11-12,22,26,29,31-36,49,58-59,69-70H,6-10,13-21,23-25,46H2,1-3H3,(H2,47,61)(H,48,64)(H,50,63)(H,51,60)(H,52,62)(H,53,66)(H,54,65)(H,55,67)/t26-,29-,31-,32-,33-,34-,35-,36-/m0/s1. The first-order valence-corrected chi connectivity index (χ1v) is 24.7. The van der Waals surface area contributed by atoms with Crippen molar-refractivity contribution >= 4 is 89.3 Å². The van der Waals surface area contributed by atoms with E-state index in [1.807, 2.05) is 43.3 Å². The van der Waals surface area contributed by atoms with Crippen molar-refractivity contribution in [1.82, 2.24) is 52.0 Å². The van der Waals surface area contributed by atoms with E-state index >= 15 is 0 Å². The Labute approximate surface area is 418 Å². The number of aromatic nitrogens is 1. The fourth-order valence-corrected chi connectivity index (χ4v) is 8.12. The van der Waals surface area contributed by atoms with Crippen molar-refractivity contribution < 1.29 is 53.4 Å². The lowest BCUT2D eigenvalue weighted by molar-refractivity contribution is -0.141. The maximum absolute atomic E-state index is 14.1. The Balaban J connectivity index is 1.71. The van der Waals surface area contributed by atoms with Gasteiger partial charge in [-0.25, -0.2) is 0 Å². The molecule has 1 aromatic carbocycles. The summed E-state index contributed by atoms with van der Waals surface area (Å²) in [6, 6.07) is -0.434. The third-order valence-electron chi connectivity index (χ3n) is 11.6. The summed E-state index contributed by atoms with van der Waals surface area (Å²) >= 11 is 8.33. The van der Waals surface area contributed by atoms with Crippen molar-refractivity contribution in [3.8, 4) is 0 Å². The molecule has 14 N–H and O–H groups in total. The minimum atomic E-state index is -1.47. The zero-order valence-electron chi connectivity index (χ0n) is 40.0. The monoisotopic (exact) mass is 1020 g/mol. The topological polar surface area (TPSA) is 353 Å². The first kappa shape index (κ1) is 58.8. The Bertz CT molecular complexity index is 2090. The van der Waals surface area contributed by atoms with Gasteiger partial charge in [-0.15, -0.1) is 0 Å². The van der Waals surface area contributed by atoms with Crippen LogP contribution in [-0.2, 0) is 49.6 Å². The molecule has 25 heteroatoms. The zero-order chi connectivity index (χ0) is 51.9. The average molecular weight is 1020 g/mol. The molecule has 0 saturated carbocycles. The molecule has 1 aliphatic heterocycles. The smallest absolute Gasteiger partial charge is 0.249 e. The van der Waals surface area contributed by atoms with Crippen LogP contribution >= 0.6 is 25.3 Å². The van der Waals surface area contributed by atoms with Gasteiger partial charge in [0.25, 0.3) is 0 Å². The number of thiol groups is 2. The number of rotatable bonds is 31. The summed E-state index contributed by atoms with van der Waals surface area (Å²) < 4.78 is 0. The number of likely N-dealkylation sites (tertiary alicyclic amines) is 1. The Kier molecular flexibility index (Phi) is 25.5. The number of amides is 9. The fourth-order valence-electron chi connectivity index (χ4n) is 7.70. The van der Waals surface area contributed by atoms with Gasteiger partial charge in [0, 0.05) is 54.7 Å². The van der Waals surface area contributed by atoms with E-state index in [9.17, 15) is 53.4 Å². The Morgan fingerprint density at radius 3 is 2.01 bits per heavy atom. The number of carbonyl (C=O) groups excluding carboxylic acids is 9. The summed E-state index contributed by atoms with van der Waals surface area (Å²) in [4.78, 5) is 125. The number of para-hydroxylation sites is 1. The van der Waals surface area contributed by atoms with Gasteiger partial charge in [0.1, 0.15) is 42.4 Å². The van der Waals surface area contributed by atoms with Gasteiger partial charge in [-0.2, -0.15) is 25.3 Å². The highest BCUT2D eigenvalue weighted by Crippen LogP contribution is 2.21. The largest absolute Gasteiger partial charge is 0.396 e. The molecule has 8 atom stereocenters. The van der Waals surface area contributed by atoms with Crippen molar-refractivity contribution in [3.63, 3.8) is 0 Å². The molecule has 9 amide bonds. The lowest BCUT2D eigenvalue weighted by Crippen LogP contribution is -2.58. The second kappa shape index (κ2) is 30.3. The minimum Gasteiger partial charge on any atom is -0.396 e. The number of aliphatic hydroxyl groups excluding tert-OH is 2. The molecule has 2 aromatic rings. The number of nitrogens with two attached hydrogens (primary N) is 2. The van der Waals surface area contributed by atoms with Crippen LogP contribution in [0.5, 0.6) is 0 Å². The van der Waals surface area contributed by atoms with Gasteiger partial charge in [-0.1, -0.05) is 18.2 Å². The van der Waals surface area contributed by atoms with Gasteiger partial charge in [0.15, 0.2) is 0 Å². The maximum Gasteiger partial charge on any atom is 0.249 e. The van der Waals surface area contributed by atoms with Gasteiger partial charge >= 0.3 is 0 Å². The molecule has 3 rings (SSSR count). The lowest BCUT2D eigenvalue weighted by Gasteiger charge is -2.29. The molecule has 1 aliphatic rings. The Morgan fingerprint density at radius 1 is 0.771 bits per heavy atom. The molecule has 0 spiro atoms. The number of nitrogens with zero attached hydrogens (tertiary/aromatic N) is 2. The summed E-state index contributed by atoms with van der Waals surface area (Å²) in [5.41, 5.74) is 12.7. The van der Waals surface area contributed by atoms with Crippen molar-refractivity contribution in [2.75, 3.05) is 58.4 Å². The number of benzene rings is 1. The molecule has 1 saturated heterocycles. The number of aromatic amines is 1. The van der Waals surface area contributed by atoms with Gasteiger partial charge in [0.05, 0.1) is 12.6 Å². The number of unbranched alkanes of at least 4 members (excludes halogenated alkanes) is 2. The zero-order valence-corrected chi connectivity index (χ0v) is 41.8. The number of H-pyrrole nitrogens is 1. The highest BCUT2D eigenvalue weighted by atomic mass is 32.1.